The minimum Gasteiger partial charge on any atom is -0.362 e. The van der Waals surface area contributed by atoms with Crippen LogP contribution in [0.15, 0.2) is 30.3 Å². The number of thiocarbonyl (C=S) groups is 1. The van der Waals surface area contributed by atoms with E-state index < -0.39 is 11.9 Å². The molecule has 0 amide bonds. The lowest BCUT2D eigenvalue weighted by Crippen LogP contribution is -2.36. The number of nitrogens with one attached hydrogen (secondary N) is 2. The molecule has 1 aliphatic rings. The molecule has 31 heavy (non-hydrogen) atoms. The summed E-state index contributed by atoms with van der Waals surface area (Å²) in [4.78, 5) is 9.73. The Kier molecular flexibility index (Phi) is 7.64. The van der Waals surface area contributed by atoms with Gasteiger partial charge in [-0.2, -0.15) is 18.2 Å². The van der Waals surface area contributed by atoms with Crippen molar-refractivity contribution in [3.8, 4) is 0 Å². The summed E-state index contributed by atoms with van der Waals surface area (Å²) in [5.41, 5.74) is -0.0129. The van der Waals surface area contributed by atoms with Gasteiger partial charge >= 0.3 is 6.18 Å². The maximum absolute atomic E-state index is 13.4. The molecule has 0 aliphatic carbocycles. The predicted molar refractivity (Wildman–Crippen MR) is 117 cm³/mol. The molecule has 1 saturated heterocycles. The van der Waals surface area contributed by atoms with Crippen LogP contribution in [0.3, 0.4) is 0 Å². The van der Waals surface area contributed by atoms with Crippen LogP contribution in [-0.4, -0.2) is 34.7 Å². The van der Waals surface area contributed by atoms with Gasteiger partial charge in [-0.3, -0.25) is 0 Å². The maximum Gasteiger partial charge on any atom is 0.433 e. The van der Waals surface area contributed by atoms with Gasteiger partial charge < -0.3 is 15.5 Å². The number of alkyl halides is 3. The molecule has 0 spiro atoms. The van der Waals surface area contributed by atoms with E-state index in [1.54, 1.807) is 12.1 Å². The third-order valence-corrected chi connectivity index (χ3v) is 5.30. The number of rotatable bonds is 6. The Morgan fingerprint density at radius 3 is 2.65 bits per heavy atom. The van der Waals surface area contributed by atoms with Crippen molar-refractivity contribution in [3.63, 3.8) is 0 Å². The van der Waals surface area contributed by atoms with Gasteiger partial charge in [0, 0.05) is 25.7 Å². The van der Waals surface area contributed by atoms with Gasteiger partial charge in [-0.15, -0.1) is 0 Å². The van der Waals surface area contributed by atoms with E-state index in [0.29, 0.717) is 38.4 Å². The second kappa shape index (κ2) is 10.2. The minimum atomic E-state index is -4.58. The lowest BCUT2D eigenvalue weighted by molar-refractivity contribution is -0.141. The highest BCUT2D eigenvalue weighted by Gasteiger charge is 2.34. The fourth-order valence-corrected chi connectivity index (χ4v) is 3.68. The average Bonchev–Trinajstić information content (AvgIpc) is 2.71. The number of anilines is 2. The van der Waals surface area contributed by atoms with Gasteiger partial charge in [-0.1, -0.05) is 19.1 Å². The zero-order chi connectivity index (χ0) is 22.4. The summed E-state index contributed by atoms with van der Waals surface area (Å²) in [5.74, 6) is 0.166. The van der Waals surface area contributed by atoms with Gasteiger partial charge in [-0.05, 0) is 61.5 Å². The molecule has 2 heterocycles. The van der Waals surface area contributed by atoms with Gasteiger partial charge in [0.2, 0.25) is 5.95 Å². The van der Waals surface area contributed by atoms with Gasteiger partial charge in [0.1, 0.15) is 11.6 Å². The van der Waals surface area contributed by atoms with Crippen LogP contribution in [0.2, 0.25) is 0 Å². The van der Waals surface area contributed by atoms with Gasteiger partial charge in [0.25, 0.3) is 0 Å². The van der Waals surface area contributed by atoms with E-state index in [1.165, 1.54) is 12.1 Å². The van der Waals surface area contributed by atoms with Crippen molar-refractivity contribution in [1.29, 1.82) is 0 Å². The Labute approximate surface area is 184 Å². The lowest BCUT2D eigenvalue weighted by atomic mass is 10.0. The maximum atomic E-state index is 13.4. The fourth-order valence-electron chi connectivity index (χ4n) is 3.49. The summed E-state index contributed by atoms with van der Waals surface area (Å²) >= 11 is 5.19. The molecular weight excluding hydrogens is 430 g/mol. The number of aryl methyl sites for hydroxylation is 1. The average molecular weight is 456 g/mol. The second-order valence-electron chi connectivity index (χ2n) is 7.74. The molecule has 168 valence electrons. The highest BCUT2D eigenvalue weighted by atomic mass is 32.1. The lowest BCUT2D eigenvalue weighted by Gasteiger charge is -2.32. The Morgan fingerprint density at radius 1 is 1.23 bits per heavy atom. The van der Waals surface area contributed by atoms with Crippen molar-refractivity contribution in [2.75, 3.05) is 29.9 Å². The molecule has 1 aliphatic heterocycles. The molecule has 0 saturated carbocycles. The molecule has 10 heteroatoms. The van der Waals surface area contributed by atoms with Crippen molar-refractivity contribution >= 4 is 29.1 Å². The smallest absolute Gasteiger partial charge is 0.362 e. The van der Waals surface area contributed by atoms with E-state index in [-0.39, 0.29) is 22.7 Å². The molecule has 5 nitrogen and oxygen atoms in total. The first kappa shape index (κ1) is 23.2. The normalized spacial score (nSPS) is 16.8. The molecule has 0 bridgehead atoms. The van der Waals surface area contributed by atoms with E-state index in [2.05, 4.69) is 27.5 Å². The van der Waals surface area contributed by atoms with Crippen molar-refractivity contribution in [2.45, 2.75) is 38.8 Å². The third kappa shape index (κ3) is 7.02. The zero-order valence-electron chi connectivity index (χ0n) is 17.2. The molecule has 1 aromatic carbocycles. The molecule has 1 aromatic heterocycles. The Hall–Kier alpha value is -2.49. The highest BCUT2D eigenvalue weighted by molar-refractivity contribution is 7.80. The van der Waals surface area contributed by atoms with E-state index in [1.807, 2.05) is 4.90 Å². The van der Waals surface area contributed by atoms with E-state index in [9.17, 15) is 17.6 Å². The molecule has 3 rings (SSSR count). The van der Waals surface area contributed by atoms with Crippen LogP contribution in [0.25, 0.3) is 0 Å². The van der Waals surface area contributed by atoms with Crippen LogP contribution in [0.4, 0.5) is 29.3 Å². The van der Waals surface area contributed by atoms with Crippen LogP contribution in [0, 0.1) is 11.7 Å². The summed E-state index contributed by atoms with van der Waals surface area (Å²) in [5, 5.41) is 5.77. The van der Waals surface area contributed by atoms with Crippen LogP contribution in [0.5, 0.6) is 0 Å². The number of hydrogen-bond acceptors (Lipinski definition) is 4. The van der Waals surface area contributed by atoms with Crippen LogP contribution in [-0.2, 0) is 12.6 Å². The molecular formula is C21H25F4N5S. The van der Waals surface area contributed by atoms with E-state index in [4.69, 9.17) is 12.2 Å². The molecule has 0 unspecified atom stereocenters. The van der Waals surface area contributed by atoms with Crippen LogP contribution >= 0.6 is 12.2 Å². The largest absolute Gasteiger partial charge is 0.433 e. The number of benzene rings is 1. The summed E-state index contributed by atoms with van der Waals surface area (Å²) in [6.07, 6.45) is -1.20. The van der Waals surface area contributed by atoms with Crippen molar-refractivity contribution in [3.05, 3.63) is 47.4 Å². The highest BCUT2D eigenvalue weighted by Crippen LogP contribution is 2.31. The number of halogens is 4. The van der Waals surface area contributed by atoms with E-state index >= 15 is 0 Å². The first-order valence-electron chi connectivity index (χ1n) is 10.2. The molecule has 1 fully saturated rings. The molecule has 1 atom stereocenters. The standard InChI is InChI=1S/C21H25F4N5S/c1-14-4-3-11-30(13-14)18-12-17(21(23,24)25)27-19(28-18)29-20(31)26-10-2-5-15-6-8-16(22)9-7-15/h6-9,12,14H,2-5,10-11,13H2,1H3,(H2,26,27,28,29,31)/t14-/m0/s1. The Bertz CT molecular complexity index is 888. The summed E-state index contributed by atoms with van der Waals surface area (Å²) < 4.78 is 53.0. The van der Waals surface area contributed by atoms with Crippen molar-refractivity contribution < 1.29 is 17.6 Å². The summed E-state index contributed by atoms with van der Waals surface area (Å²) in [7, 11) is 0. The zero-order valence-corrected chi connectivity index (χ0v) is 18.0. The topological polar surface area (TPSA) is 53.1 Å². The van der Waals surface area contributed by atoms with Gasteiger partial charge in [0.05, 0.1) is 0 Å². The van der Waals surface area contributed by atoms with Crippen molar-refractivity contribution in [1.82, 2.24) is 15.3 Å². The van der Waals surface area contributed by atoms with Gasteiger partial charge in [-0.25, -0.2) is 9.37 Å². The van der Waals surface area contributed by atoms with Gasteiger partial charge in [0.15, 0.2) is 10.8 Å². The van der Waals surface area contributed by atoms with Crippen molar-refractivity contribution in [2.24, 2.45) is 5.92 Å². The fraction of sp³-hybridized carbons (Fsp3) is 0.476. The Balaban J connectivity index is 1.60. The predicted octanol–water partition coefficient (Wildman–Crippen LogP) is 4.79. The molecule has 2 aromatic rings. The number of piperidine rings is 1. The number of nitrogens with zero attached hydrogens (tertiary/aromatic N) is 3. The second-order valence-corrected chi connectivity index (χ2v) is 8.15. The summed E-state index contributed by atoms with van der Waals surface area (Å²) in [6.45, 7) is 3.88. The molecule has 2 N–H and O–H groups in total. The first-order chi connectivity index (χ1) is 14.7. The Morgan fingerprint density at radius 2 is 1.97 bits per heavy atom. The SMILES string of the molecule is C[C@H]1CCCN(c2cc(C(F)(F)F)nc(NC(=S)NCCCc3ccc(F)cc3)n2)C1. The van der Waals surface area contributed by atoms with Crippen LogP contribution in [0.1, 0.15) is 37.4 Å². The van der Waals surface area contributed by atoms with E-state index in [0.717, 1.165) is 24.5 Å². The first-order valence-corrected chi connectivity index (χ1v) is 10.6. The van der Waals surface area contributed by atoms with Crippen LogP contribution < -0.4 is 15.5 Å². The monoisotopic (exact) mass is 455 g/mol. The summed E-state index contributed by atoms with van der Waals surface area (Å²) in [6, 6.07) is 7.22. The number of aromatic nitrogens is 2. The third-order valence-electron chi connectivity index (χ3n) is 5.05. The molecule has 0 radical (unpaired) electrons. The quantitative estimate of drug-likeness (QED) is 0.371. The minimum absolute atomic E-state index is 0.149. The number of hydrogen-bond donors (Lipinski definition) is 2.